The van der Waals surface area contributed by atoms with Gasteiger partial charge in [0, 0.05) is 0 Å². The third kappa shape index (κ3) is 6.77. The molecular formula is C21H39FN2O5S. The van der Waals surface area contributed by atoms with E-state index in [1.165, 1.54) is 11.8 Å². The lowest BCUT2D eigenvalue weighted by Gasteiger charge is -2.44. The number of hydrogen-bond acceptors (Lipinski definition) is 7. The molecule has 0 spiro atoms. The lowest BCUT2D eigenvalue weighted by atomic mass is 9.88. The maximum absolute atomic E-state index is 13.0. The van der Waals surface area contributed by atoms with Gasteiger partial charge in [-0.15, -0.1) is 11.8 Å². The van der Waals surface area contributed by atoms with E-state index in [1.807, 2.05) is 13.8 Å². The van der Waals surface area contributed by atoms with Crippen molar-refractivity contribution < 1.29 is 29.2 Å². The summed E-state index contributed by atoms with van der Waals surface area (Å²) in [7, 11) is 0. The molecule has 0 saturated carbocycles. The fraction of sp³-hybridized carbons (Fsp3) is 0.952. The number of carbonyl (C=O) groups is 1. The molecule has 2 aliphatic heterocycles. The normalized spacial score (nSPS) is 36.3. The minimum absolute atomic E-state index is 0.0437. The second kappa shape index (κ2) is 12.6. The standard InChI is InChI=1S/C21H39FN2O5S/c1-12(2)15(19-17(26)16(25)18(27)21(29-19)30-3)24-20(28)14-8-7-13(9-11-23-14)6-4-5-10-22/h12-19,21,23,25-27H,4-11H2,1-3H3,(H,24,28)/t13-,14?,15+,16-,17+,18+,19+,21+/m0/s1. The summed E-state index contributed by atoms with van der Waals surface area (Å²) in [6.45, 7) is 4.32. The Bertz CT molecular complexity index is 528. The average molecular weight is 451 g/mol. The third-order valence-corrected chi connectivity index (χ3v) is 7.19. The monoisotopic (exact) mass is 450 g/mol. The van der Waals surface area contributed by atoms with Crippen molar-refractivity contribution in [1.29, 1.82) is 0 Å². The highest BCUT2D eigenvalue weighted by atomic mass is 32.2. The molecule has 30 heavy (non-hydrogen) atoms. The Kier molecular flexibility index (Phi) is 10.8. The van der Waals surface area contributed by atoms with Gasteiger partial charge in [-0.25, -0.2) is 0 Å². The summed E-state index contributed by atoms with van der Waals surface area (Å²) >= 11 is 1.26. The van der Waals surface area contributed by atoms with Crippen LogP contribution in [0, 0.1) is 11.8 Å². The highest BCUT2D eigenvalue weighted by Crippen LogP contribution is 2.30. The van der Waals surface area contributed by atoms with Crippen LogP contribution in [0.4, 0.5) is 4.39 Å². The largest absolute Gasteiger partial charge is 0.388 e. The highest BCUT2D eigenvalue weighted by molar-refractivity contribution is 7.99. The number of hydrogen-bond donors (Lipinski definition) is 5. The summed E-state index contributed by atoms with van der Waals surface area (Å²) in [6, 6.07) is -0.834. The summed E-state index contributed by atoms with van der Waals surface area (Å²) < 4.78 is 18.2. The van der Waals surface area contributed by atoms with Crippen LogP contribution in [-0.2, 0) is 9.53 Å². The first-order chi connectivity index (χ1) is 14.3. The van der Waals surface area contributed by atoms with Crippen LogP contribution in [0.25, 0.3) is 0 Å². The van der Waals surface area contributed by atoms with Gasteiger partial charge < -0.3 is 30.7 Å². The molecule has 7 nitrogen and oxygen atoms in total. The summed E-state index contributed by atoms with van der Waals surface area (Å²) in [4.78, 5) is 13.0. The van der Waals surface area contributed by atoms with Gasteiger partial charge in [-0.2, -0.15) is 0 Å². The van der Waals surface area contributed by atoms with Crippen LogP contribution in [0.5, 0.6) is 0 Å². The van der Waals surface area contributed by atoms with E-state index in [2.05, 4.69) is 10.6 Å². The van der Waals surface area contributed by atoms with Crippen molar-refractivity contribution in [3.05, 3.63) is 0 Å². The maximum Gasteiger partial charge on any atom is 0.237 e. The van der Waals surface area contributed by atoms with E-state index in [0.29, 0.717) is 18.8 Å². The Morgan fingerprint density at radius 1 is 1.17 bits per heavy atom. The van der Waals surface area contributed by atoms with Crippen LogP contribution in [0.15, 0.2) is 0 Å². The second-order valence-electron chi connectivity index (χ2n) is 8.88. The van der Waals surface area contributed by atoms with Gasteiger partial charge in [-0.05, 0) is 50.3 Å². The van der Waals surface area contributed by atoms with Crippen LogP contribution in [0.2, 0.25) is 0 Å². The van der Waals surface area contributed by atoms with Crippen molar-refractivity contribution in [3.8, 4) is 0 Å². The number of alkyl halides is 1. The molecule has 176 valence electrons. The number of carbonyl (C=O) groups excluding carboxylic acids is 1. The zero-order chi connectivity index (χ0) is 22.3. The fourth-order valence-corrected chi connectivity index (χ4v) is 5.09. The number of amides is 1. The van der Waals surface area contributed by atoms with Gasteiger partial charge in [-0.1, -0.05) is 26.7 Å². The van der Waals surface area contributed by atoms with Crippen LogP contribution in [0.1, 0.15) is 52.4 Å². The predicted octanol–water partition coefficient (Wildman–Crippen LogP) is 1.20. The molecule has 0 radical (unpaired) electrons. The minimum Gasteiger partial charge on any atom is -0.388 e. The summed E-state index contributed by atoms with van der Waals surface area (Å²) in [5, 5.41) is 37.2. The van der Waals surface area contributed by atoms with Gasteiger partial charge in [0.2, 0.25) is 5.91 Å². The Hall–Kier alpha value is -0.450. The molecule has 0 bridgehead atoms. The molecule has 2 fully saturated rings. The van der Waals surface area contributed by atoms with Crippen LogP contribution in [-0.4, -0.2) is 82.6 Å². The summed E-state index contributed by atoms with van der Waals surface area (Å²) in [6.07, 6.45) is 2.22. The molecule has 1 amide bonds. The smallest absolute Gasteiger partial charge is 0.237 e. The highest BCUT2D eigenvalue weighted by Gasteiger charge is 2.47. The topological polar surface area (TPSA) is 111 Å². The number of rotatable bonds is 9. The van der Waals surface area contributed by atoms with E-state index in [1.54, 1.807) is 6.26 Å². The van der Waals surface area contributed by atoms with Gasteiger partial charge in [0.15, 0.2) is 0 Å². The van der Waals surface area contributed by atoms with Gasteiger partial charge in [0.25, 0.3) is 0 Å². The van der Waals surface area contributed by atoms with E-state index in [-0.39, 0.29) is 24.5 Å². The molecule has 0 aromatic carbocycles. The molecule has 5 N–H and O–H groups in total. The van der Waals surface area contributed by atoms with Gasteiger partial charge >= 0.3 is 0 Å². The molecule has 0 aromatic rings. The Morgan fingerprint density at radius 2 is 1.90 bits per heavy atom. The van der Waals surface area contributed by atoms with Gasteiger partial charge in [0.1, 0.15) is 29.9 Å². The number of aliphatic hydroxyl groups is 3. The molecule has 2 saturated heterocycles. The van der Waals surface area contributed by atoms with E-state index < -0.39 is 35.9 Å². The quantitative estimate of drug-likeness (QED) is 0.336. The Balaban J connectivity index is 1.98. The minimum atomic E-state index is -1.33. The summed E-state index contributed by atoms with van der Waals surface area (Å²) in [5.41, 5.74) is -0.673. The molecule has 1 unspecified atom stereocenters. The number of nitrogens with one attached hydrogen (secondary N) is 2. The van der Waals surface area contributed by atoms with Crippen LogP contribution < -0.4 is 10.6 Å². The molecule has 9 heteroatoms. The fourth-order valence-electron chi connectivity index (χ4n) is 4.41. The number of aliphatic hydroxyl groups excluding tert-OH is 3. The molecule has 2 heterocycles. The molecule has 0 aliphatic carbocycles. The zero-order valence-electron chi connectivity index (χ0n) is 18.3. The predicted molar refractivity (Wildman–Crippen MR) is 116 cm³/mol. The first kappa shape index (κ1) is 25.8. The van der Waals surface area contributed by atoms with Crippen molar-refractivity contribution >= 4 is 17.7 Å². The number of ether oxygens (including phenoxy) is 1. The first-order valence-electron chi connectivity index (χ1n) is 11.1. The van der Waals surface area contributed by atoms with Crippen molar-refractivity contribution in [2.24, 2.45) is 11.8 Å². The molecule has 2 aliphatic rings. The third-order valence-electron chi connectivity index (χ3n) is 6.34. The van der Waals surface area contributed by atoms with Gasteiger partial charge in [-0.3, -0.25) is 9.18 Å². The Labute approximate surface area is 183 Å². The maximum atomic E-state index is 13.0. The first-order valence-corrected chi connectivity index (χ1v) is 12.4. The average Bonchev–Trinajstić information content (AvgIpc) is 2.97. The SMILES string of the molecule is CS[C@H]1O[C@H]([C@H](NC(=O)C2CC[C@H](CCCCF)CCN2)C(C)C)[C@H](O)[C@H](O)[C@H]1O. The lowest BCUT2D eigenvalue weighted by Crippen LogP contribution is -2.64. The van der Waals surface area contributed by atoms with Crippen molar-refractivity contribution in [2.75, 3.05) is 19.5 Å². The van der Waals surface area contributed by atoms with E-state index in [9.17, 15) is 24.5 Å². The van der Waals surface area contributed by atoms with Crippen molar-refractivity contribution in [1.82, 2.24) is 10.6 Å². The van der Waals surface area contributed by atoms with Crippen molar-refractivity contribution in [2.45, 2.75) is 94.3 Å². The number of halogens is 1. The van der Waals surface area contributed by atoms with Crippen molar-refractivity contribution in [3.63, 3.8) is 0 Å². The van der Waals surface area contributed by atoms with Crippen LogP contribution in [0.3, 0.4) is 0 Å². The molecule has 8 atom stereocenters. The van der Waals surface area contributed by atoms with E-state index >= 15 is 0 Å². The van der Waals surface area contributed by atoms with E-state index in [4.69, 9.17) is 4.74 Å². The molecule has 0 aromatic heterocycles. The summed E-state index contributed by atoms with van der Waals surface area (Å²) in [5.74, 6) is 0.318. The number of unbranched alkanes of at least 4 members (excludes halogenated alkanes) is 1. The Morgan fingerprint density at radius 3 is 2.53 bits per heavy atom. The number of thioether (sulfide) groups is 1. The molecule has 2 rings (SSSR count). The van der Waals surface area contributed by atoms with Gasteiger partial charge in [0.05, 0.1) is 18.8 Å². The lowest BCUT2D eigenvalue weighted by molar-refractivity contribution is -0.208. The molecular weight excluding hydrogens is 411 g/mol. The van der Waals surface area contributed by atoms with E-state index in [0.717, 1.165) is 32.2 Å². The van der Waals surface area contributed by atoms with Crippen LogP contribution >= 0.6 is 11.8 Å². The second-order valence-corrected chi connectivity index (χ2v) is 9.81. The zero-order valence-corrected chi connectivity index (χ0v) is 19.1.